The summed E-state index contributed by atoms with van der Waals surface area (Å²) in [6, 6.07) is 5.24. The molecule has 1 rings (SSSR count). The number of sulfonamides is 1. The van der Waals surface area contributed by atoms with E-state index in [0.717, 1.165) is 12.1 Å². The fourth-order valence-electron chi connectivity index (χ4n) is 1.33. The average molecular weight is 327 g/mol. The van der Waals surface area contributed by atoms with E-state index in [1.54, 1.807) is 6.07 Å². The molecule has 0 atom stereocenters. The van der Waals surface area contributed by atoms with Crippen LogP contribution in [0.3, 0.4) is 0 Å². The van der Waals surface area contributed by atoms with Crippen LogP contribution < -0.4 is 4.72 Å². The Hall–Kier alpha value is -1.30. The van der Waals surface area contributed by atoms with Crippen molar-refractivity contribution >= 4 is 21.6 Å². The third kappa shape index (κ3) is 5.00. The maximum absolute atomic E-state index is 11.9. The Morgan fingerprint density at radius 2 is 2.00 bits per heavy atom. The van der Waals surface area contributed by atoms with Gasteiger partial charge in [-0.1, -0.05) is 11.6 Å². The van der Waals surface area contributed by atoms with Gasteiger partial charge < -0.3 is 0 Å². The smallest absolute Gasteiger partial charge is 0.211 e. The number of hydrogen-bond acceptors (Lipinski definition) is 3. The molecule has 0 amide bonds. The lowest BCUT2D eigenvalue weighted by atomic mass is 10.2. The van der Waals surface area contributed by atoms with E-state index in [2.05, 4.69) is 0 Å². The van der Waals surface area contributed by atoms with E-state index < -0.39 is 22.6 Å². The molecule has 0 aliphatic rings. The number of nitriles is 1. The number of nitrogens with zero attached hydrogens (tertiary/aromatic N) is 1. The van der Waals surface area contributed by atoms with E-state index in [4.69, 9.17) is 16.9 Å². The minimum Gasteiger partial charge on any atom is -0.211 e. The lowest BCUT2D eigenvalue weighted by Gasteiger charge is -2.09. The van der Waals surface area contributed by atoms with Crippen molar-refractivity contribution in [3.63, 3.8) is 0 Å². The van der Waals surface area contributed by atoms with Crippen molar-refractivity contribution in [2.75, 3.05) is 6.54 Å². The topological polar surface area (TPSA) is 70.0 Å². The number of alkyl halides is 3. The van der Waals surface area contributed by atoms with Gasteiger partial charge in [-0.3, -0.25) is 0 Å². The molecular weight excluding hydrogens is 317 g/mol. The third-order valence-corrected chi connectivity index (χ3v) is 4.07. The molecule has 0 spiro atoms. The molecule has 0 saturated carbocycles. The van der Waals surface area contributed by atoms with Gasteiger partial charge in [0.1, 0.15) is 6.07 Å². The zero-order chi connectivity index (χ0) is 15.4. The number of benzene rings is 1. The van der Waals surface area contributed by atoms with E-state index in [0.29, 0.717) is 0 Å². The second kappa shape index (κ2) is 6.43. The van der Waals surface area contributed by atoms with E-state index in [9.17, 15) is 21.6 Å². The van der Waals surface area contributed by atoms with Crippen LogP contribution in [0.5, 0.6) is 0 Å². The van der Waals surface area contributed by atoms with Gasteiger partial charge in [-0.15, -0.1) is 0 Å². The summed E-state index contributed by atoms with van der Waals surface area (Å²) in [5, 5.41) is 8.62. The van der Waals surface area contributed by atoms with E-state index >= 15 is 0 Å². The Kier molecular flexibility index (Phi) is 5.39. The molecule has 0 radical (unpaired) electrons. The number of nitrogens with one attached hydrogen (secondary N) is 1. The zero-order valence-electron chi connectivity index (χ0n) is 10.0. The lowest BCUT2D eigenvalue weighted by Crippen LogP contribution is -2.25. The van der Waals surface area contributed by atoms with Crippen molar-refractivity contribution in [1.29, 1.82) is 5.26 Å². The Morgan fingerprint density at radius 1 is 1.35 bits per heavy atom. The lowest BCUT2D eigenvalue weighted by molar-refractivity contribution is -0.135. The first kappa shape index (κ1) is 16.8. The number of rotatable bonds is 5. The van der Waals surface area contributed by atoms with Gasteiger partial charge in [0.15, 0.2) is 0 Å². The molecular formula is C11H10ClF3N2O2S. The van der Waals surface area contributed by atoms with Crippen LogP contribution in [0, 0.1) is 11.3 Å². The van der Waals surface area contributed by atoms with Crippen LogP contribution in [0.15, 0.2) is 23.1 Å². The second-order valence-electron chi connectivity index (χ2n) is 3.87. The largest absolute Gasteiger partial charge is 0.389 e. The predicted octanol–water partition coefficient (Wildman–Crippen LogP) is 2.83. The average Bonchev–Trinajstić information content (AvgIpc) is 2.33. The summed E-state index contributed by atoms with van der Waals surface area (Å²) < 4.78 is 61.3. The van der Waals surface area contributed by atoms with Crippen LogP contribution in [0.4, 0.5) is 13.2 Å². The van der Waals surface area contributed by atoms with Gasteiger partial charge in [-0.25, -0.2) is 13.1 Å². The Bertz CT molecular complexity index is 624. The van der Waals surface area contributed by atoms with Gasteiger partial charge in [0, 0.05) is 13.0 Å². The molecule has 1 aromatic carbocycles. The van der Waals surface area contributed by atoms with Crippen molar-refractivity contribution < 1.29 is 21.6 Å². The van der Waals surface area contributed by atoms with Crippen molar-refractivity contribution in [2.45, 2.75) is 23.9 Å². The fraction of sp³-hybridized carbons (Fsp3) is 0.364. The Labute approximate surface area is 119 Å². The van der Waals surface area contributed by atoms with E-state index in [1.807, 2.05) is 4.72 Å². The highest BCUT2D eigenvalue weighted by molar-refractivity contribution is 7.89. The van der Waals surface area contributed by atoms with Crippen LogP contribution in [0.25, 0.3) is 0 Å². The molecule has 0 bridgehead atoms. The first-order valence-corrected chi connectivity index (χ1v) is 7.28. The summed E-state index contributed by atoms with van der Waals surface area (Å²) in [6.45, 7) is -0.334. The highest BCUT2D eigenvalue weighted by Gasteiger charge is 2.26. The van der Waals surface area contributed by atoms with Gasteiger partial charge in [0.25, 0.3) is 0 Å². The molecule has 1 aromatic rings. The number of halogens is 4. The molecule has 1 N–H and O–H groups in total. The van der Waals surface area contributed by atoms with Gasteiger partial charge in [0.2, 0.25) is 10.0 Å². The van der Waals surface area contributed by atoms with Gasteiger partial charge in [-0.2, -0.15) is 18.4 Å². The standard InChI is InChI=1S/C11H10ClF3N2O2S/c12-10-6-9(3-2-8(10)7-16)20(18,19)17-5-1-4-11(13,14)15/h2-3,6,17H,1,4-5H2. The Balaban J connectivity index is 2.70. The van der Waals surface area contributed by atoms with Crippen LogP contribution in [-0.4, -0.2) is 21.1 Å². The molecule has 0 unspecified atom stereocenters. The van der Waals surface area contributed by atoms with E-state index in [-0.39, 0.29) is 28.4 Å². The minimum atomic E-state index is -4.32. The number of hydrogen-bond donors (Lipinski definition) is 1. The highest BCUT2D eigenvalue weighted by Crippen LogP contribution is 2.22. The van der Waals surface area contributed by atoms with Crippen LogP contribution in [0.1, 0.15) is 18.4 Å². The van der Waals surface area contributed by atoms with Crippen LogP contribution in [-0.2, 0) is 10.0 Å². The SMILES string of the molecule is N#Cc1ccc(S(=O)(=O)NCCCC(F)(F)F)cc1Cl. The molecule has 0 aliphatic heterocycles. The zero-order valence-corrected chi connectivity index (χ0v) is 11.6. The summed E-state index contributed by atoms with van der Waals surface area (Å²) in [5.74, 6) is 0. The quantitative estimate of drug-likeness (QED) is 0.846. The normalized spacial score (nSPS) is 12.2. The monoisotopic (exact) mass is 326 g/mol. The van der Waals surface area contributed by atoms with Gasteiger partial charge in [-0.05, 0) is 24.6 Å². The molecule has 20 heavy (non-hydrogen) atoms. The summed E-state index contributed by atoms with van der Waals surface area (Å²) in [7, 11) is -3.94. The third-order valence-electron chi connectivity index (χ3n) is 2.30. The fourth-order valence-corrected chi connectivity index (χ4v) is 2.72. The first-order chi connectivity index (χ1) is 9.15. The molecule has 4 nitrogen and oxygen atoms in total. The van der Waals surface area contributed by atoms with Crippen LogP contribution >= 0.6 is 11.6 Å². The van der Waals surface area contributed by atoms with Crippen molar-refractivity contribution in [1.82, 2.24) is 4.72 Å². The summed E-state index contributed by atoms with van der Waals surface area (Å²) in [5.41, 5.74) is 0.114. The maximum Gasteiger partial charge on any atom is 0.389 e. The van der Waals surface area contributed by atoms with Crippen LogP contribution in [0.2, 0.25) is 5.02 Å². The minimum absolute atomic E-state index is 0.0364. The molecule has 0 heterocycles. The summed E-state index contributed by atoms with van der Waals surface area (Å²) in [6.07, 6.45) is -5.74. The van der Waals surface area contributed by atoms with E-state index in [1.165, 1.54) is 6.07 Å². The van der Waals surface area contributed by atoms with Gasteiger partial charge in [0.05, 0.1) is 15.5 Å². The van der Waals surface area contributed by atoms with Crippen molar-refractivity contribution in [3.05, 3.63) is 28.8 Å². The first-order valence-electron chi connectivity index (χ1n) is 5.42. The molecule has 0 aromatic heterocycles. The van der Waals surface area contributed by atoms with Crippen molar-refractivity contribution in [3.8, 4) is 6.07 Å². The predicted molar refractivity (Wildman–Crippen MR) is 66.6 cm³/mol. The summed E-state index contributed by atoms with van der Waals surface area (Å²) in [4.78, 5) is -0.200. The molecule has 110 valence electrons. The Morgan fingerprint density at radius 3 is 2.50 bits per heavy atom. The molecule has 9 heteroatoms. The molecule has 0 aliphatic carbocycles. The molecule has 0 fully saturated rings. The molecule has 0 saturated heterocycles. The maximum atomic E-state index is 11.9. The van der Waals surface area contributed by atoms with Crippen molar-refractivity contribution in [2.24, 2.45) is 0 Å². The van der Waals surface area contributed by atoms with Gasteiger partial charge >= 0.3 is 6.18 Å². The highest BCUT2D eigenvalue weighted by atomic mass is 35.5. The second-order valence-corrected chi connectivity index (χ2v) is 6.04. The summed E-state index contributed by atoms with van der Waals surface area (Å²) >= 11 is 5.69.